The molecular formula is C17H28O3Si. The van der Waals surface area contributed by atoms with E-state index in [2.05, 4.69) is 38.6 Å². The van der Waals surface area contributed by atoms with Crippen LogP contribution in [0.2, 0.25) is 18.1 Å². The minimum Gasteiger partial charge on any atom is -0.465 e. The van der Waals surface area contributed by atoms with Crippen molar-refractivity contribution in [3.63, 3.8) is 0 Å². The third kappa shape index (κ3) is 5.29. The molecule has 0 aliphatic rings. The Morgan fingerprint density at radius 1 is 1.14 bits per heavy atom. The SMILES string of the molecule is COC(=O)c1ccc(CCCO[Si](C)(C)C(C)(C)C)cc1. The molecule has 0 heterocycles. The van der Waals surface area contributed by atoms with E-state index < -0.39 is 8.32 Å². The van der Waals surface area contributed by atoms with Gasteiger partial charge in [0, 0.05) is 6.61 Å². The fraction of sp³-hybridized carbons (Fsp3) is 0.588. The van der Waals surface area contributed by atoms with Gasteiger partial charge in [0.2, 0.25) is 0 Å². The van der Waals surface area contributed by atoms with E-state index in [1.807, 2.05) is 24.3 Å². The molecule has 118 valence electrons. The number of carbonyl (C=O) groups excluding carboxylic acids is 1. The zero-order chi connectivity index (χ0) is 16.1. The average molecular weight is 308 g/mol. The molecule has 0 fully saturated rings. The average Bonchev–Trinajstić information content (AvgIpc) is 2.42. The van der Waals surface area contributed by atoms with E-state index >= 15 is 0 Å². The molecule has 0 amide bonds. The molecule has 21 heavy (non-hydrogen) atoms. The van der Waals surface area contributed by atoms with Gasteiger partial charge in [0.05, 0.1) is 12.7 Å². The molecule has 1 aromatic carbocycles. The molecule has 0 aromatic heterocycles. The van der Waals surface area contributed by atoms with Crippen molar-refractivity contribution in [2.75, 3.05) is 13.7 Å². The Morgan fingerprint density at radius 3 is 2.19 bits per heavy atom. The summed E-state index contributed by atoms with van der Waals surface area (Å²) in [5, 5.41) is 0.259. The molecule has 1 rings (SSSR count). The lowest BCUT2D eigenvalue weighted by Crippen LogP contribution is -2.41. The molecule has 0 unspecified atom stereocenters. The predicted octanol–water partition coefficient (Wildman–Crippen LogP) is 4.43. The number of hydrogen-bond acceptors (Lipinski definition) is 3. The molecule has 0 radical (unpaired) electrons. The molecule has 0 saturated carbocycles. The van der Waals surface area contributed by atoms with Crippen LogP contribution in [0.4, 0.5) is 0 Å². The van der Waals surface area contributed by atoms with Crippen LogP contribution in [0.1, 0.15) is 43.1 Å². The Balaban J connectivity index is 2.42. The monoisotopic (exact) mass is 308 g/mol. The highest BCUT2D eigenvalue weighted by Crippen LogP contribution is 2.36. The number of aryl methyl sites for hydroxylation is 1. The van der Waals surface area contributed by atoms with E-state index in [1.165, 1.54) is 12.7 Å². The first-order chi connectivity index (χ1) is 9.67. The minimum atomic E-state index is -1.63. The van der Waals surface area contributed by atoms with Gasteiger partial charge >= 0.3 is 5.97 Å². The fourth-order valence-corrected chi connectivity index (χ4v) is 2.83. The largest absolute Gasteiger partial charge is 0.465 e. The van der Waals surface area contributed by atoms with Crippen LogP contribution < -0.4 is 0 Å². The second kappa shape index (κ2) is 7.23. The van der Waals surface area contributed by atoms with Crippen LogP contribution in [-0.4, -0.2) is 28.0 Å². The van der Waals surface area contributed by atoms with E-state index in [4.69, 9.17) is 4.43 Å². The van der Waals surface area contributed by atoms with Gasteiger partial charge in [-0.25, -0.2) is 4.79 Å². The molecule has 0 bridgehead atoms. The molecule has 3 nitrogen and oxygen atoms in total. The number of benzene rings is 1. The Labute approximate surface area is 129 Å². The van der Waals surface area contributed by atoms with Crippen LogP contribution in [0.3, 0.4) is 0 Å². The third-order valence-corrected chi connectivity index (χ3v) is 8.79. The van der Waals surface area contributed by atoms with Crippen molar-refractivity contribution in [2.24, 2.45) is 0 Å². The summed E-state index contributed by atoms with van der Waals surface area (Å²) < 4.78 is 10.8. The summed E-state index contributed by atoms with van der Waals surface area (Å²) in [5.41, 5.74) is 1.82. The maximum absolute atomic E-state index is 11.4. The first-order valence-electron chi connectivity index (χ1n) is 7.48. The molecular weight excluding hydrogens is 280 g/mol. The van der Waals surface area contributed by atoms with Crippen molar-refractivity contribution in [3.8, 4) is 0 Å². The zero-order valence-corrected chi connectivity index (χ0v) is 15.2. The van der Waals surface area contributed by atoms with E-state index in [9.17, 15) is 4.79 Å². The lowest BCUT2D eigenvalue weighted by Gasteiger charge is -2.36. The number of ether oxygens (including phenoxy) is 1. The fourth-order valence-electron chi connectivity index (χ4n) is 1.75. The zero-order valence-electron chi connectivity index (χ0n) is 14.2. The normalized spacial score (nSPS) is 12.3. The number of hydrogen-bond donors (Lipinski definition) is 0. The lowest BCUT2D eigenvalue weighted by molar-refractivity contribution is 0.0600. The topological polar surface area (TPSA) is 35.5 Å². The minimum absolute atomic E-state index is 0.259. The number of esters is 1. The Kier molecular flexibility index (Phi) is 6.17. The summed E-state index contributed by atoms with van der Waals surface area (Å²) in [6.45, 7) is 12.1. The van der Waals surface area contributed by atoms with Gasteiger partial charge in [-0.2, -0.15) is 0 Å². The smallest absolute Gasteiger partial charge is 0.337 e. The summed E-state index contributed by atoms with van der Waals surface area (Å²) in [5.74, 6) is -0.289. The first kappa shape index (κ1) is 17.9. The van der Waals surface area contributed by atoms with E-state index in [0.717, 1.165) is 19.4 Å². The van der Waals surface area contributed by atoms with Crippen molar-refractivity contribution < 1.29 is 14.0 Å². The molecule has 0 N–H and O–H groups in total. The lowest BCUT2D eigenvalue weighted by atomic mass is 10.1. The van der Waals surface area contributed by atoms with Crippen LogP contribution in [0.5, 0.6) is 0 Å². The number of rotatable bonds is 6. The van der Waals surface area contributed by atoms with E-state index in [0.29, 0.717) is 5.56 Å². The van der Waals surface area contributed by atoms with Crippen molar-refractivity contribution in [3.05, 3.63) is 35.4 Å². The van der Waals surface area contributed by atoms with Gasteiger partial charge in [0.1, 0.15) is 0 Å². The second-order valence-electron chi connectivity index (χ2n) is 6.90. The quantitative estimate of drug-likeness (QED) is 0.443. The van der Waals surface area contributed by atoms with Gasteiger partial charge in [-0.3, -0.25) is 0 Å². The highest BCUT2D eigenvalue weighted by atomic mass is 28.4. The Bertz CT molecular complexity index is 458. The number of methoxy groups -OCH3 is 1. The van der Waals surface area contributed by atoms with E-state index in [1.54, 1.807) is 0 Å². The van der Waals surface area contributed by atoms with Gasteiger partial charge in [0.25, 0.3) is 0 Å². The molecule has 0 atom stereocenters. The van der Waals surface area contributed by atoms with Crippen molar-refractivity contribution >= 4 is 14.3 Å². The molecule has 0 aliphatic carbocycles. The first-order valence-corrected chi connectivity index (χ1v) is 10.4. The van der Waals surface area contributed by atoms with Crippen LogP contribution in [0.25, 0.3) is 0 Å². The van der Waals surface area contributed by atoms with Crippen molar-refractivity contribution in [2.45, 2.75) is 51.7 Å². The standard InChI is InChI=1S/C17H28O3Si/c1-17(2,3)21(5,6)20-13-7-8-14-9-11-15(12-10-14)16(18)19-4/h9-12H,7-8,13H2,1-6H3. The van der Waals surface area contributed by atoms with Crippen LogP contribution in [0, 0.1) is 0 Å². The van der Waals surface area contributed by atoms with Gasteiger partial charge in [-0.1, -0.05) is 32.9 Å². The van der Waals surface area contributed by atoms with Crippen LogP contribution in [0.15, 0.2) is 24.3 Å². The highest BCUT2D eigenvalue weighted by Gasteiger charge is 2.36. The molecule has 0 spiro atoms. The van der Waals surface area contributed by atoms with Gasteiger partial charge < -0.3 is 9.16 Å². The summed E-state index contributed by atoms with van der Waals surface area (Å²) in [6.07, 6.45) is 1.97. The van der Waals surface area contributed by atoms with E-state index in [-0.39, 0.29) is 11.0 Å². The summed E-state index contributed by atoms with van der Waals surface area (Å²) >= 11 is 0. The molecule has 0 aliphatic heterocycles. The maximum Gasteiger partial charge on any atom is 0.337 e. The Hall–Kier alpha value is -1.13. The molecule has 4 heteroatoms. The summed E-state index contributed by atoms with van der Waals surface area (Å²) in [7, 11) is -0.236. The van der Waals surface area contributed by atoms with Crippen LogP contribution in [-0.2, 0) is 15.6 Å². The maximum atomic E-state index is 11.4. The van der Waals surface area contributed by atoms with Crippen LogP contribution >= 0.6 is 0 Å². The highest BCUT2D eigenvalue weighted by molar-refractivity contribution is 6.74. The van der Waals surface area contributed by atoms with Gasteiger partial charge in [0.15, 0.2) is 8.32 Å². The van der Waals surface area contributed by atoms with Crippen molar-refractivity contribution in [1.82, 2.24) is 0 Å². The summed E-state index contributed by atoms with van der Waals surface area (Å²) in [4.78, 5) is 11.4. The third-order valence-electron chi connectivity index (χ3n) is 4.25. The van der Waals surface area contributed by atoms with Gasteiger partial charge in [-0.05, 0) is 48.7 Å². The Morgan fingerprint density at radius 2 is 1.71 bits per heavy atom. The summed E-state index contributed by atoms with van der Waals surface area (Å²) in [6, 6.07) is 7.60. The van der Waals surface area contributed by atoms with Gasteiger partial charge in [-0.15, -0.1) is 0 Å². The van der Waals surface area contributed by atoms with Crippen molar-refractivity contribution in [1.29, 1.82) is 0 Å². The number of carbonyl (C=O) groups is 1. The molecule has 1 aromatic rings. The second-order valence-corrected chi connectivity index (χ2v) is 11.7. The molecule has 0 saturated heterocycles. The predicted molar refractivity (Wildman–Crippen MR) is 89.3 cm³/mol.